The standard InChI is InChI=1S/C17H32N8O6/c1-8(2)13(16(30)31)25-14(28)9(4-3-5-22-17(20)21)24-15(29)10(6-11(19)26)23-12(27)7-18/h8-10,13H,3-7,18H2,1-2H3,(H2,19,26)(H,23,27)(H,24,29)(H,25,28)(H,30,31)(H4,20,21,22). The molecule has 14 nitrogen and oxygen atoms in total. The predicted octanol–water partition coefficient (Wildman–Crippen LogP) is -3.93. The molecule has 0 aliphatic heterocycles. The summed E-state index contributed by atoms with van der Waals surface area (Å²) >= 11 is 0. The second-order valence-corrected chi connectivity index (χ2v) is 7.07. The van der Waals surface area contributed by atoms with Crippen LogP contribution in [0.5, 0.6) is 0 Å². The maximum Gasteiger partial charge on any atom is 0.326 e. The van der Waals surface area contributed by atoms with Crippen molar-refractivity contribution in [3.63, 3.8) is 0 Å². The molecule has 12 N–H and O–H groups in total. The zero-order valence-electron chi connectivity index (χ0n) is 17.6. The minimum atomic E-state index is -1.36. The topological polar surface area (TPSA) is 258 Å². The third-order valence-electron chi connectivity index (χ3n) is 4.05. The summed E-state index contributed by atoms with van der Waals surface area (Å²) in [5.74, 6) is -5.01. The van der Waals surface area contributed by atoms with E-state index >= 15 is 0 Å². The Kier molecular flexibility index (Phi) is 12.2. The minimum Gasteiger partial charge on any atom is -0.480 e. The molecule has 31 heavy (non-hydrogen) atoms. The highest BCUT2D eigenvalue weighted by atomic mass is 16.4. The Hall–Kier alpha value is -3.42. The number of amides is 4. The average Bonchev–Trinajstić information content (AvgIpc) is 2.66. The first-order chi connectivity index (χ1) is 14.4. The summed E-state index contributed by atoms with van der Waals surface area (Å²) < 4.78 is 0. The van der Waals surface area contributed by atoms with Gasteiger partial charge in [-0.2, -0.15) is 0 Å². The molecule has 0 aliphatic carbocycles. The fourth-order valence-electron chi connectivity index (χ4n) is 2.48. The number of nitrogens with one attached hydrogen (secondary N) is 3. The van der Waals surface area contributed by atoms with Crippen molar-refractivity contribution in [2.45, 2.75) is 51.2 Å². The maximum atomic E-state index is 12.7. The highest BCUT2D eigenvalue weighted by Gasteiger charge is 2.31. The van der Waals surface area contributed by atoms with Crippen LogP contribution in [-0.4, -0.2) is 71.9 Å². The molecule has 3 atom stereocenters. The van der Waals surface area contributed by atoms with Gasteiger partial charge in [-0.3, -0.25) is 24.2 Å². The first kappa shape index (κ1) is 27.6. The molecule has 3 unspecified atom stereocenters. The lowest BCUT2D eigenvalue weighted by atomic mass is 10.0. The lowest BCUT2D eigenvalue weighted by Crippen LogP contribution is -2.57. The predicted molar refractivity (Wildman–Crippen MR) is 111 cm³/mol. The van der Waals surface area contributed by atoms with Gasteiger partial charge < -0.3 is 44.0 Å². The number of hydrogen-bond acceptors (Lipinski definition) is 7. The van der Waals surface area contributed by atoms with E-state index in [1.807, 2.05) is 0 Å². The smallest absolute Gasteiger partial charge is 0.326 e. The zero-order chi connectivity index (χ0) is 24.1. The maximum absolute atomic E-state index is 12.7. The van der Waals surface area contributed by atoms with Gasteiger partial charge in [0.2, 0.25) is 23.6 Å². The molecule has 4 amide bonds. The highest BCUT2D eigenvalue weighted by Crippen LogP contribution is 2.06. The molecule has 0 heterocycles. The van der Waals surface area contributed by atoms with Crippen LogP contribution in [0.1, 0.15) is 33.1 Å². The fourth-order valence-corrected chi connectivity index (χ4v) is 2.48. The van der Waals surface area contributed by atoms with Crippen LogP contribution in [0, 0.1) is 5.92 Å². The number of carboxylic acids is 1. The number of aliphatic carboxylic acids is 1. The van der Waals surface area contributed by atoms with Gasteiger partial charge in [0.05, 0.1) is 13.0 Å². The molecule has 0 saturated heterocycles. The Morgan fingerprint density at radius 1 is 0.935 bits per heavy atom. The lowest BCUT2D eigenvalue weighted by molar-refractivity contribution is -0.143. The van der Waals surface area contributed by atoms with Crippen molar-refractivity contribution in [2.75, 3.05) is 13.1 Å². The largest absolute Gasteiger partial charge is 0.480 e. The number of nitrogens with two attached hydrogens (primary N) is 4. The molecule has 0 saturated carbocycles. The number of carbonyl (C=O) groups excluding carboxylic acids is 4. The summed E-state index contributed by atoms with van der Waals surface area (Å²) in [7, 11) is 0. The van der Waals surface area contributed by atoms with Crippen molar-refractivity contribution in [3.05, 3.63) is 0 Å². The van der Waals surface area contributed by atoms with Crippen molar-refractivity contribution in [1.29, 1.82) is 0 Å². The quantitative estimate of drug-likeness (QED) is 0.0737. The van der Waals surface area contributed by atoms with Crippen LogP contribution in [0.4, 0.5) is 0 Å². The SMILES string of the molecule is CC(C)C(NC(=O)C(CCCN=C(N)N)NC(=O)C(CC(N)=O)NC(=O)CN)C(=O)O. The van der Waals surface area contributed by atoms with E-state index in [0.29, 0.717) is 0 Å². The minimum absolute atomic E-state index is 0.0485. The van der Waals surface area contributed by atoms with Gasteiger partial charge in [0.1, 0.15) is 18.1 Å². The molecule has 0 aromatic heterocycles. The number of rotatable bonds is 14. The summed E-state index contributed by atoms with van der Waals surface area (Å²) in [5, 5.41) is 16.3. The molecule has 0 rings (SSSR count). The fraction of sp³-hybridized carbons (Fsp3) is 0.647. The Morgan fingerprint density at radius 2 is 1.52 bits per heavy atom. The molecule has 0 fully saturated rings. The third kappa shape index (κ3) is 11.4. The Labute approximate surface area is 179 Å². The van der Waals surface area contributed by atoms with Gasteiger partial charge in [-0.15, -0.1) is 0 Å². The lowest BCUT2D eigenvalue weighted by Gasteiger charge is -2.25. The summed E-state index contributed by atoms with van der Waals surface area (Å²) in [5.41, 5.74) is 20.8. The Balaban J connectivity index is 5.48. The molecule has 0 aliphatic rings. The van der Waals surface area contributed by atoms with Gasteiger partial charge >= 0.3 is 5.97 Å². The van der Waals surface area contributed by atoms with Gasteiger partial charge in [-0.1, -0.05) is 13.8 Å². The number of hydrogen-bond donors (Lipinski definition) is 8. The van der Waals surface area contributed by atoms with Crippen LogP contribution in [0.3, 0.4) is 0 Å². The van der Waals surface area contributed by atoms with Crippen molar-refractivity contribution in [3.8, 4) is 0 Å². The van der Waals surface area contributed by atoms with E-state index in [4.69, 9.17) is 22.9 Å². The molecule has 0 spiro atoms. The van der Waals surface area contributed by atoms with Crippen LogP contribution in [0.15, 0.2) is 4.99 Å². The number of carbonyl (C=O) groups is 5. The van der Waals surface area contributed by atoms with Gasteiger partial charge in [0.15, 0.2) is 5.96 Å². The summed E-state index contributed by atoms with van der Waals surface area (Å²) in [4.78, 5) is 63.2. The molecule has 0 bridgehead atoms. The second-order valence-electron chi connectivity index (χ2n) is 7.07. The molecule has 0 aromatic rings. The first-order valence-corrected chi connectivity index (χ1v) is 9.55. The Morgan fingerprint density at radius 3 is 1.97 bits per heavy atom. The van der Waals surface area contributed by atoms with Gasteiger partial charge in [-0.05, 0) is 18.8 Å². The number of guanidine groups is 1. The second kappa shape index (κ2) is 13.7. The molecule has 14 heteroatoms. The van der Waals surface area contributed by atoms with Crippen molar-refractivity contribution in [2.24, 2.45) is 33.8 Å². The van der Waals surface area contributed by atoms with Crippen LogP contribution in [0.2, 0.25) is 0 Å². The third-order valence-corrected chi connectivity index (χ3v) is 4.05. The van der Waals surface area contributed by atoms with Gasteiger partial charge in [-0.25, -0.2) is 4.79 Å². The summed E-state index contributed by atoms with van der Waals surface area (Å²) in [6.45, 7) is 2.94. The molecule has 0 aromatic carbocycles. The average molecular weight is 444 g/mol. The zero-order valence-corrected chi connectivity index (χ0v) is 17.6. The van der Waals surface area contributed by atoms with Crippen LogP contribution in [0.25, 0.3) is 0 Å². The van der Waals surface area contributed by atoms with Crippen molar-refractivity contribution in [1.82, 2.24) is 16.0 Å². The molecule has 176 valence electrons. The van der Waals surface area contributed by atoms with E-state index in [0.717, 1.165) is 0 Å². The normalized spacial score (nSPS) is 13.4. The van der Waals surface area contributed by atoms with E-state index < -0.39 is 66.6 Å². The number of primary amides is 1. The van der Waals surface area contributed by atoms with Crippen LogP contribution in [-0.2, 0) is 24.0 Å². The van der Waals surface area contributed by atoms with Crippen molar-refractivity contribution < 1.29 is 29.1 Å². The summed E-state index contributed by atoms with van der Waals surface area (Å²) in [6, 6.07) is -3.74. The molecular formula is C17H32N8O6. The van der Waals surface area contributed by atoms with E-state index in [1.165, 1.54) is 0 Å². The van der Waals surface area contributed by atoms with E-state index in [2.05, 4.69) is 20.9 Å². The number of nitrogens with zero attached hydrogens (tertiary/aromatic N) is 1. The number of carboxylic acid groups (broad SMARTS) is 1. The van der Waals surface area contributed by atoms with E-state index in [9.17, 15) is 29.1 Å². The Bertz CT molecular complexity index is 692. The van der Waals surface area contributed by atoms with Gasteiger partial charge in [0, 0.05) is 6.54 Å². The summed E-state index contributed by atoms with van der Waals surface area (Å²) in [6.07, 6.45) is -0.206. The van der Waals surface area contributed by atoms with E-state index in [1.54, 1.807) is 13.8 Å². The van der Waals surface area contributed by atoms with Crippen LogP contribution < -0.4 is 38.9 Å². The highest BCUT2D eigenvalue weighted by molar-refractivity contribution is 5.95. The first-order valence-electron chi connectivity index (χ1n) is 9.55. The van der Waals surface area contributed by atoms with E-state index in [-0.39, 0.29) is 25.3 Å². The van der Waals surface area contributed by atoms with Gasteiger partial charge in [0.25, 0.3) is 0 Å². The molecule has 0 radical (unpaired) electrons. The van der Waals surface area contributed by atoms with Crippen molar-refractivity contribution >= 4 is 35.6 Å². The molecular weight excluding hydrogens is 412 g/mol. The van der Waals surface area contributed by atoms with Crippen LogP contribution >= 0.6 is 0 Å². The number of aliphatic imine (C=N–C) groups is 1. The monoisotopic (exact) mass is 444 g/mol.